The molecule has 134 valence electrons. The zero-order valence-corrected chi connectivity index (χ0v) is 15.2. The van der Waals surface area contributed by atoms with Crippen molar-refractivity contribution in [3.05, 3.63) is 40.3 Å². The van der Waals surface area contributed by atoms with E-state index < -0.39 is 5.91 Å². The van der Waals surface area contributed by atoms with Gasteiger partial charge < -0.3 is 10.2 Å². The predicted octanol–water partition coefficient (Wildman–Crippen LogP) is 1.40. The van der Waals surface area contributed by atoms with Crippen LogP contribution in [0, 0.1) is 0 Å². The number of amides is 2. The van der Waals surface area contributed by atoms with Gasteiger partial charge in [0.2, 0.25) is 5.91 Å². The maximum absolute atomic E-state index is 12.7. The van der Waals surface area contributed by atoms with Gasteiger partial charge in [-0.3, -0.25) is 14.4 Å². The molecule has 7 heteroatoms. The van der Waals surface area contributed by atoms with Crippen molar-refractivity contribution in [1.82, 2.24) is 20.0 Å². The van der Waals surface area contributed by atoms with Gasteiger partial charge in [0.15, 0.2) is 5.69 Å². The maximum Gasteiger partial charge on any atom is 0.275 e. The minimum atomic E-state index is -0.401. The first-order chi connectivity index (χ1) is 11.8. The number of hydrogen-bond acceptors (Lipinski definition) is 4. The topological polar surface area (TPSA) is 84.3 Å². The molecule has 0 radical (unpaired) electrons. The number of fused-ring (bicyclic) bond motifs is 1. The van der Waals surface area contributed by atoms with Crippen LogP contribution in [0.3, 0.4) is 0 Å². The second kappa shape index (κ2) is 7.46. The zero-order valence-electron chi connectivity index (χ0n) is 15.2. The Balaban J connectivity index is 2.55. The van der Waals surface area contributed by atoms with Crippen LogP contribution in [-0.2, 0) is 11.3 Å². The Bertz CT molecular complexity index is 847. The van der Waals surface area contributed by atoms with Gasteiger partial charge in [0.05, 0.1) is 5.39 Å². The Labute approximate surface area is 146 Å². The molecule has 1 aromatic heterocycles. The molecule has 0 saturated heterocycles. The van der Waals surface area contributed by atoms with Gasteiger partial charge in [0, 0.05) is 24.5 Å². The number of benzene rings is 1. The van der Waals surface area contributed by atoms with Gasteiger partial charge in [-0.25, -0.2) is 4.68 Å². The molecule has 7 nitrogen and oxygen atoms in total. The summed E-state index contributed by atoms with van der Waals surface area (Å²) < 4.78 is 1.08. The molecular formula is C18H24N4O3. The minimum Gasteiger partial charge on any atom is -0.354 e. The first kappa shape index (κ1) is 18.6. The van der Waals surface area contributed by atoms with Crippen LogP contribution in [0.2, 0.25) is 0 Å². The van der Waals surface area contributed by atoms with Crippen molar-refractivity contribution in [3.63, 3.8) is 0 Å². The molecule has 0 aliphatic carbocycles. The van der Waals surface area contributed by atoms with E-state index in [4.69, 9.17) is 0 Å². The second-order valence-electron chi connectivity index (χ2n) is 6.42. The fourth-order valence-corrected chi connectivity index (χ4v) is 3.01. The molecule has 0 bridgehead atoms. The normalized spacial score (nSPS) is 11.2. The predicted molar refractivity (Wildman–Crippen MR) is 96.5 cm³/mol. The number of rotatable bonds is 5. The van der Waals surface area contributed by atoms with E-state index in [0.717, 1.165) is 4.68 Å². The standard InChI is InChI=1S/C18H24N4O3/c1-11(2)22(12(3)4)15(23)10-21-18(25)14-9-7-6-8-13(14)16(20-21)17(24)19-5/h6-9,11-12H,10H2,1-5H3,(H,19,24). The van der Waals surface area contributed by atoms with Crippen LogP contribution >= 0.6 is 0 Å². The first-order valence-electron chi connectivity index (χ1n) is 8.31. The van der Waals surface area contributed by atoms with E-state index in [1.54, 1.807) is 29.2 Å². The molecule has 2 amide bonds. The number of aromatic nitrogens is 2. The fourth-order valence-electron chi connectivity index (χ4n) is 3.01. The monoisotopic (exact) mass is 344 g/mol. The summed E-state index contributed by atoms with van der Waals surface area (Å²) in [6.07, 6.45) is 0. The van der Waals surface area contributed by atoms with Crippen LogP contribution in [0.1, 0.15) is 38.2 Å². The molecule has 0 aliphatic heterocycles. The summed E-state index contributed by atoms with van der Waals surface area (Å²) in [7, 11) is 1.50. The Morgan fingerprint density at radius 2 is 1.68 bits per heavy atom. The SMILES string of the molecule is CNC(=O)c1nn(CC(=O)N(C(C)C)C(C)C)c(=O)c2ccccc12. The summed E-state index contributed by atoms with van der Waals surface area (Å²) >= 11 is 0. The smallest absolute Gasteiger partial charge is 0.275 e. The van der Waals surface area contributed by atoms with Crippen LogP contribution in [-0.4, -0.2) is 45.6 Å². The molecule has 0 atom stereocenters. The van der Waals surface area contributed by atoms with Crippen LogP contribution < -0.4 is 10.9 Å². The number of hydrogen-bond donors (Lipinski definition) is 1. The quantitative estimate of drug-likeness (QED) is 0.889. The number of nitrogens with one attached hydrogen (secondary N) is 1. The summed E-state index contributed by atoms with van der Waals surface area (Å²) in [5.41, 5.74) is -0.254. The largest absolute Gasteiger partial charge is 0.354 e. The molecule has 25 heavy (non-hydrogen) atoms. The molecule has 0 aliphatic rings. The third-order valence-electron chi connectivity index (χ3n) is 4.00. The van der Waals surface area contributed by atoms with E-state index in [9.17, 15) is 14.4 Å². The Kier molecular flexibility index (Phi) is 5.56. The summed E-state index contributed by atoms with van der Waals surface area (Å²) in [4.78, 5) is 39.2. The lowest BCUT2D eigenvalue weighted by Gasteiger charge is -2.30. The van der Waals surface area contributed by atoms with Crippen molar-refractivity contribution in [2.75, 3.05) is 7.05 Å². The molecule has 0 spiro atoms. The van der Waals surface area contributed by atoms with E-state index in [2.05, 4.69) is 10.4 Å². The highest BCUT2D eigenvalue weighted by Crippen LogP contribution is 2.13. The van der Waals surface area contributed by atoms with Crippen LogP contribution in [0.25, 0.3) is 10.8 Å². The van der Waals surface area contributed by atoms with E-state index >= 15 is 0 Å². The molecule has 0 unspecified atom stereocenters. The van der Waals surface area contributed by atoms with Crippen LogP contribution in [0.5, 0.6) is 0 Å². The van der Waals surface area contributed by atoms with Gasteiger partial charge in [0.1, 0.15) is 6.54 Å². The molecule has 0 saturated carbocycles. The highest BCUT2D eigenvalue weighted by Gasteiger charge is 2.23. The van der Waals surface area contributed by atoms with Crippen molar-refractivity contribution in [2.24, 2.45) is 0 Å². The molecule has 1 N–H and O–H groups in total. The van der Waals surface area contributed by atoms with E-state index in [1.807, 2.05) is 27.7 Å². The Morgan fingerprint density at radius 1 is 1.12 bits per heavy atom. The van der Waals surface area contributed by atoms with Crippen molar-refractivity contribution in [1.29, 1.82) is 0 Å². The van der Waals surface area contributed by atoms with Gasteiger partial charge in [-0.05, 0) is 33.8 Å². The average molecular weight is 344 g/mol. The molecule has 1 heterocycles. The lowest BCUT2D eigenvalue weighted by molar-refractivity contribution is -0.135. The molecule has 2 aromatic rings. The zero-order chi connectivity index (χ0) is 18.7. The van der Waals surface area contributed by atoms with Gasteiger partial charge in [0.25, 0.3) is 11.5 Å². The van der Waals surface area contributed by atoms with Crippen molar-refractivity contribution in [2.45, 2.75) is 46.3 Å². The van der Waals surface area contributed by atoms with Gasteiger partial charge >= 0.3 is 0 Å². The van der Waals surface area contributed by atoms with E-state index in [1.165, 1.54) is 7.05 Å². The fraction of sp³-hybridized carbons (Fsp3) is 0.444. The van der Waals surface area contributed by atoms with Crippen molar-refractivity contribution in [3.8, 4) is 0 Å². The highest BCUT2D eigenvalue weighted by molar-refractivity contribution is 6.04. The second-order valence-corrected chi connectivity index (χ2v) is 6.42. The van der Waals surface area contributed by atoms with Gasteiger partial charge in [-0.15, -0.1) is 0 Å². The van der Waals surface area contributed by atoms with Gasteiger partial charge in [-0.1, -0.05) is 18.2 Å². The summed E-state index contributed by atoms with van der Waals surface area (Å²) in [5.74, 6) is -0.611. The van der Waals surface area contributed by atoms with Gasteiger partial charge in [-0.2, -0.15) is 5.10 Å². The lowest BCUT2D eigenvalue weighted by Crippen LogP contribution is -2.45. The number of carbonyl (C=O) groups is 2. The van der Waals surface area contributed by atoms with Crippen molar-refractivity contribution < 1.29 is 9.59 Å². The molecule has 2 rings (SSSR count). The van der Waals surface area contributed by atoms with E-state index in [0.29, 0.717) is 10.8 Å². The summed E-state index contributed by atoms with van der Waals surface area (Å²) in [6, 6.07) is 6.77. The summed E-state index contributed by atoms with van der Waals surface area (Å²) in [5, 5.41) is 7.51. The highest BCUT2D eigenvalue weighted by atomic mass is 16.2. The summed E-state index contributed by atoms with van der Waals surface area (Å²) in [6.45, 7) is 7.48. The first-order valence-corrected chi connectivity index (χ1v) is 8.31. The number of carbonyl (C=O) groups excluding carboxylic acids is 2. The van der Waals surface area contributed by atoms with Crippen molar-refractivity contribution >= 4 is 22.6 Å². The minimum absolute atomic E-state index is 0.00192. The molecule has 0 fully saturated rings. The maximum atomic E-state index is 12.7. The lowest BCUT2D eigenvalue weighted by atomic mass is 10.1. The third kappa shape index (κ3) is 3.70. The van der Waals surface area contributed by atoms with Crippen LogP contribution in [0.15, 0.2) is 29.1 Å². The molecular weight excluding hydrogens is 320 g/mol. The average Bonchev–Trinajstić information content (AvgIpc) is 2.56. The van der Waals surface area contributed by atoms with Crippen LogP contribution in [0.4, 0.5) is 0 Å². The third-order valence-corrected chi connectivity index (χ3v) is 4.00. The van der Waals surface area contributed by atoms with E-state index in [-0.39, 0.29) is 35.8 Å². The number of nitrogens with zero attached hydrogens (tertiary/aromatic N) is 3. The Hall–Kier alpha value is -2.70. The molecule has 1 aromatic carbocycles. The Morgan fingerprint density at radius 3 is 2.20 bits per heavy atom.